The zero-order valence-electron chi connectivity index (χ0n) is 18.8. The first kappa shape index (κ1) is 19.9. The Labute approximate surface area is 189 Å². The number of carbonyl (C=O) groups excluding carboxylic acids is 1. The van der Waals surface area contributed by atoms with Crippen molar-refractivity contribution in [2.75, 3.05) is 13.6 Å². The van der Waals surface area contributed by atoms with Gasteiger partial charge in [0, 0.05) is 36.5 Å². The third-order valence-corrected chi connectivity index (χ3v) is 8.33. The van der Waals surface area contributed by atoms with Gasteiger partial charge in [0.1, 0.15) is 11.9 Å². The molecule has 1 unspecified atom stereocenters. The molecule has 0 amide bonds. The van der Waals surface area contributed by atoms with Crippen molar-refractivity contribution in [3.63, 3.8) is 0 Å². The first-order valence-electron chi connectivity index (χ1n) is 11.9. The molecule has 1 saturated carbocycles. The maximum Gasteiger partial charge on any atom is 0.166 e. The van der Waals surface area contributed by atoms with Gasteiger partial charge < -0.3 is 10.1 Å². The van der Waals surface area contributed by atoms with E-state index in [1.165, 1.54) is 21.9 Å². The minimum absolute atomic E-state index is 0.0407. The predicted molar refractivity (Wildman–Crippen MR) is 126 cm³/mol. The van der Waals surface area contributed by atoms with Crippen molar-refractivity contribution in [2.24, 2.45) is 17.3 Å². The zero-order chi connectivity index (χ0) is 21.9. The first-order chi connectivity index (χ1) is 15.6. The highest BCUT2D eigenvalue weighted by Crippen LogP contribution is 2.59. The lowest BCUT2D eigenvalue weighted by molar-refractivity contribution is -0.117. The van der Waals surface area contributed by atoms with Crippen LogP contribution in [0.25, 0.3) is 10.8 Å². The third-order valence-electron chi connectivity index (χ3n) is 8.33. The molecule has 4 heteroatoms. The number of hydrogen-bond donors (Lipinski definition) is 1. The molecule has 2 heterocycles. The van der Waals surface area contributed by atoms with E-state index in [1.807, 2.05) is 19.4 Å². The molecule has 3 aliphatic carbocycles. The molecule has 1 aromatic carbocycles. The Hall–Kier alpha value is -2.72. The molecule has 32 heavy (non-hydrogen) atoms. The van der Waals surface area contributed by atoms with Crippen molar-refractivity contribution in [3.8, 4) is 0 Å². The number of carbonyl (C=O) groups is 1. The number of benzene rings is 1. The summed E-state index contributed by atoms with van der Waals surface area (Å²) in [5.74, 6) is 2.36. The highest BCUT2D eigenvalue weighted by atomic mass is 16.5. The summed E-state index contributed by atoms with van der Waals surface area (Å²) in [4.78, 5) is 17.1. The minimum atomic E-state index is 0.0407. The number of fused-ring (bicyclic) bond motifs is 4. The number of pyridine rings is 1. The fourth-order valence-electron chi connectivity index (χ4n) is 6.67. The largest absolute Gasteiger partial charge is 0.489 e. The standard InChI is InChI=1S/C28H30N2O2/c1-28-9-7-20-14-22-25(31)11-17(15-29-2)12-26(22)32-27(20)24(28)6-5-23(28)19-4-3-18-8-10-30-16-21(18)13-19/h3-4,7-10,13-14,16-17,23-24,27,29H,5-6,11-12,15H2,1-2H3/t17?,23-,24+,27-,28-/m1/s1. The van der Waals surface area contributed by atoms with Crippen molar-refractivity contribution in [1.29, 1.82) is 0 Å². The number of Topliss-reactive ketones (excluding diaryl/α,β-unsaturated/α-hetero) is 1. The average Bonchev–Trinajstić information content (AvgIpc) is 3.15. The summed E-state index contributed by atoms with van der Waals surface area (Å²) >= 11 is 0. The van der Waals surface area contributed by atoms with Crippen LogP contribution in [0.15, 0.2) is 71.8 Å². The van der Waals surface area contributed by atoms with Crippen LogP contribution in [0.3, 0.4) is 0 Å². The van der Waals surface area contributed by atoms with Crippen molar-refractivity contribution in [1.82, 2.24) is 10.3 Å². The minimum Gasteiger partial charge on any atom is -0.489 e. The van der Waals surface area contributed by atoms with E-state index < -0.39 is 0 Å². The Kier molecular flexibility index (Phi) is 4.62. The van der Waals surface area contributed by atoms with Gasteiger partial charge in [0.05, 0.1) is 5.57 Å². The van der Waals surface area contributed by atoms with Gasteiger partial charge in [0.2, 0.25) is 0 Å². The SMILES string of the molecule is CNCC1CC(=O)C2=C(C1)O[C@@H]1C(=C2)C=C[C@]2(C)[C@@H](c3ccc4ccncc4c3)CC[C@@H]12. The Morgan fingerprint density at radius 3 is 2.97 bits per heavy atom. The second-order valence-electron chi connectivity index (χ2n) is 10.2. The van der Waals surface area contributed by atoms with Crippen molar-refractivity contribution in [2.45, 2.75) is 44.6 Å². The van der Waals surface area contributed by atoms with Gasteiger partial charge in [-0.25, -0.2) is 0 Å². The summed E-state index contributed by atoms with van der Waals surface area (Å²) in [5.41, 5.74) is 3.42. The Morgan fingerprint density at radius 2 is 2.09 bits per heavy atom. The number of nitrogens with zero attached hydrogens (tertiary/aromatic N) is 1. The molecule has 4 nitrogen and oxygen atoms in total. The fraction of sp³-hybridized carbons (Fsp3) is 0.429. The summed E-state index contributed by atoms with van der Waals surface area (Å²) in [5, 5.41) is 5.67. The number of aromatic nitrogens is 1. The van der Waals surface area contributed by atoms with E-state index in [1.54, 1.807) is 0 Å². The lowest BCUT2D eigenvalue weighted by atomic mass is 9.64. The summed E-state index contributed by atoms with van der Waals surface area (Å²) < 4.78 is 6.68. The topological polar surface area (TPSA) is 51.2 Å². The molecular formula is C28H30N2O2. The lowest BCUT2D eigenvalue weighted by Gasteiger charge is -2.45. The number of allylic oxidation sites excluding steroid dienone is 4. The average molecular weight is 427 g/mol. The molecule has 2 aromatic rings. The van der Waals surface area contributed by atoms with Gasteiger partial charge in [0.25, 0.3) is 0 Å². The van der Waals surface area contributed by atoms with E-state index in [2.05, 4.69) is 59.7 Å². The molecule has 0 saturated heterocycles. The number of ether oxygens (including phenoxy) is 1. The van der Waals surface area contributed by atoms with E-state index in [0.717, 1.165) is 37.1 Å². The Balaban J connectivity index is 1.33. The van der Waals surface area contributed by atoms with Gasteiger partial charge in [0.15, 0.2) is 5.78 Å². The van der Waals surface area contributed by atoms with E-state index in [9.17, 15) is 4.79 Å². The van der Waals surface area contributed by atoms with Crippen molar-refractivity contribution in [3.05, 3.63) is 77.4 Å². The first-order valence-corrected chi connectivity index (χ1v) is 11.9. The molecule has 1 aromatic heterocycles. The van der Waals surface area contributed by atoms with Crippen molar-refractivity contribution < 1.29 is 9.53 Å². The molecule has 1 aliphatic heterocycles. The van der Waals surface area contributed by atoms with Crippen LogP contribution in [0.1, 0.15) is 44.1 Å². The summed E-state index contributed by atoms with van der Waals surface area (Å²) in [6, 6.07) is 8.92. The van der Waals surface area contributed by atoms with Gasteiger partial charge in [-0.1, -0.05) is 31.2 Å². The maximum atomic E-state index is 12.8. The third kappa shape index (κ3) is 3.00. The fourth-order valence-corrected chi connectivity index (χ4v) is 6.67. The van der Waals surface area contributed by atoms with Crippen LogP contribution in [-0.2, 0) is 9.53 Å². The van der Waals surface area contributed by atoms with E-state index in [4.69, 9.17) is 4.74 Å². The van der Waals surface area contributed by atoms with Gasteiger partial charge in [-0.3, -0.25) is 9.78 Å². The van der Waals surface area contributed by atoms with Gasteiger partial charge in [-0.15, -0.1) is 0 Å². The molecule has 1 N–H and O–H groups in total. The molecule has 0 bridgehead atoms. The van der Waals surface area contributed by atoms with E-state index >= 15 is 0 Å². The highest BCUT2D eigenvalue weighted by Gasteiger charge is 2.53. The van der Waals surface area contributed by atoms with Crippen LogP contribution < -0.4 is 5.32 Å². The van der Waals surface area contributed by atoms with Crippen LogP contribution in [0, 0.1) is 17.3 Å². The normalized spacial score (nSPS) is 33.4. The molecule has 6 rings (SSSR count). The second kappa shape index (κ2) is 7.41. The summed E-state index contributed by atoms with van der Waals surface area (Å²) in [6.45, 7) is 3.26. The monoisotopic (exact) mass is 426 g/mol. The highest BCUT2D eigenvalue weighted by molar-refractivity contribution is 6.00. The molecule has 0 radical (unpaired) electrons. The second-order valence-corrected chi connectivity index (χ2v) is 10.2. The number of rotatable bonds is 3. The smallest absolute Gasteiger partial charge is 0.166 e. The van der Waals surface area contributed by atoms with Crippen LogP contribution in [0.5, 0.6) is 0 Å². The van der Waals surface area contributed by atoms with E-state index in [-0.39, 0.29) is 17.3 Å². The van der Waals surface area contributed by atoms with Crippen LogP contribution in [0.4, 0.5) is 0 Å². The number of nitrogens with one attached hydrogen (secondary N) is 1. The Morgan fingerprint density at radius 1 is 1.19 bits per heavy atom. The molecule has 5 atom stereocenters. The molecular weight excluding hydrogens is 396 g/mol. The molecule has 0 spiro atoms. The zero-order valence-corrected chi connectivity index (χ0v) is 18.8. The lowest BCUT2D eigenvalue weighted by Crippen LogP contribution is -2.41. The molecule has 4 aliphatic rings. The predicted octanol–water partition coefficient (Wildman–Crippen LogP) is 5.08. The molecule has 1 fully saturated rings. The van der Waals surface area contributed by atoms with Crippen LogP contribution >= 0.6 is 0 Å². The van der Waals surface area contributed by atoms with Gasteiger partial charge in [-0.05, 0) is 78.4 Å². The summed E-state index contributed by atoms with van der Waals surface area (Å²) in [7, 11) is 1.95. The maximum absolute atomic E-state index is 12.8. The number of hydrogen-bond acceptors (Lipinski definition) is 4. The Bertz CT molecular complexity index is 1190. The number of ketones is 1. The van der Waals surface area contributed by atoms with Gasteiger partial charge >= 0.3 is 0 Å². The quantitative estimate of drug-likeness (QED) is 0.743. The van der Waals surface area contributed by atoms with Crippen molar-refractivity contribution >= 4 is 16.6 Å². The van der Waals surface area contributed by atoms with Crippen LogP contribution in [-0.4, -0.2) is 30.5 Å². The summed E-state index contributed by atoms with van der Waals surface area (Å²) in [6.07, 6.45) is 14.4. The molecule has 164 valence electrons. The van der Waals surface area contributed by atoms with Gasteiger partial charge in [-0.2, -0.15) is 0 Å². The van der Waals surface area contributed by atoms with Crippen LogP contribution in [0.2, 0.25) is 0 Å². The van der Waals surface area contributed by atoms with E-state index in [0.29, 0.717) is 24.2 Å².